The Hall–Kier alpha value is -1.09. The number of halogens is 2. The molecule has 1 N–H and O–H groups in total. The van der Waals surface area contributed by atoms with Gasteiger partial charge < -0.3 is 5.32 Å². The van der Waals surface area contributed by atoms with E-state index in [1.807, 2.05) is 31.6 Å². The zero-order chi connectivity index (χ0) is 12.3. The van der Waals surface area contributed by atoms with Gasteiger partial charge in [0.1, 0.15) is 0 Å². The summed E-state index contributed by atoms with van der Waals surface area (Å²) in [5, 5.41) is 4.22. The Morgan fingerprint density at radius 3 is 2.59 bits per heavy atom. The Morgan fingerprint density at radius 2 is 1.88 bits per heavy atom. The van der Waals surface area contributed by atoms with Crippen molar-refractivity contribution < 1.29 is 0 Å². The topological polar surface area (TPSA) is 24.9 Å². The van der Waals surface area contributed by atoms with Crippen molar-refractivity contribution in [2.24, 2.45) is 0 Å². The number of aromatic nitrogens is 1. The van der Waals surface area contributed by atoms with E-state index in [9.17, 15) is 0 Å². The number of hydrogen-bond donors (Lipinski definition) is 1. The first-order chi connectivity index (χ1) is 8.20. The Bertz CT molecular complexity index is 527. The van der Waals surface area contributed by atoms with Crippen LogP contribution in [0, 0.1) is 0 Å². The molecule has 0 saturated heterocycles. The van der Waals surface area contributed by atoms with Crippen LogP contribution in [0.2, 0.25) is 10.0 Å². The zero-order valence-electron chi connectivity index (χ0n) is 9.37. The quantitative estimate of drug-likeness (QED) is 0.915. The molecule has 17 heavy (non-hydrogen) atoms. The molecular formula is C13H12Cl2N2. The standard InChI is InChI=1S/C13H12Cl2N2/c1-16-6-9-4-11(8-17-7-9)10-2-3-12(14)13(15)5-10/h2-5,7-8,16H,6H2,1H3. The molecule has 0 aliphatic carbocycles. The van der Waals surface area contributed by atoms with Crippen molar-refractivity contribution in [2.45, 2.75) is 6.54 Å². The molecule has 4 heteroatoms. The minimum absolute atomic E-state index is 0.559. The third kappa shape index (κ3) is 2.97. The van der Waals surface area contributed by atoms with Crippen molar-refractivity contribution >= 4 is 23.2 Å². The number of nitrogens with zero attached hydrogens (tertiary/aromatic N) is 1. The first-order valence-corrected chi connectivity index (χ1v) is 6.00. The molecule has 0 aliphatic rings. The summed E-state index contributed by atoms with van der Waals surface area (Å²) in [5.41, 5.74) is 3.19. The summed E-state index contributed by atoms with van der Waals surface area (Å²) in [6.07, 6.45) is 3.66. The van der Waals surface area contributed by atoms with E-state index in [0.717, 1.165) is 23.2 Å². The molecule has 88 valence electrons. The van der Waals surface area contributed by atoms with Crippen LogP contribution in [0.4, 0.5) is 0 Å². The maximum Gasteiger partial charge on any atom is 0.0598 e. The molecule has 0 spiro atoms. The molecule has 0 unspecified atom stereocenters. The molecule has 1 aromatic carbocycles. The summed E-state index contributed by atoms with van der Waals surface area (Å²) in [7, 11) is 1.91. The molecule has 0 fully saturated rings. The van der Waals surface area contributed by atoms with E-state index in [1.165, 1.54) is 0 Å². The minimum atomic E-state index is 0.559. The van der Waals surface area contributed by atoms with Gasteiger partial charge >= 0.3 is 0 Å². The van der Waals surface area contributed by atoms with Crippen molar-refractivity contribution in [3.05, 3.63) is 52.3 Å². The molecule has 0 atom stereocenters. The van der Waals surface area contributed by atoms with Crippen LogP contribution in [0.1, 0.15) is 5.56 Å². The largest absolute Gasteiger partial charge is 0.316 e. The molecule has 0 amide bonds. The Kier molecular flexibility index (Phi) is 4.00. The normalized spacial score (nSPS) is 10.5. The van der Waals surface area contributed by atoms with Crippen LogP contribution in [0.5, 0.6) is 0 Å². The van der Waals surface area contributed by atoms with Gasteiger partial charge in [-0.15, -0.1) is 0 Å². The number of hydrogen-bond acceptors (Lipinski definition) is 2. The van der Waals surface area contributed by atoms with Crippen LogP contribution in [0.25, 0.3) is 11.1 Å². The maximum absolute atomic E-state index is 6.00. The average molecular weight is 267 g/mol. The zero-order valence-corrected chi connectivity index (χ0v) is 10.9. The van der Waals surface area contributed by atoms with Gasteiger partial charge in [-0.2, -0.15) is 0 Å². The fourth-order valence-corrected chi connectivity index (χ4v) is 1.92. The minimum Gasteiger partial charge on any atom is -0.316 e. The molecule has 0 radical (unpaired) electrons. The second-order valence-corrected chi connectivity index (χ2v) is 4.56. The highest BCUT2D eigenvalue weighted by Crippen LogP contribution is 2.28. The predicted molar refractivity (Wildman–Crippen MR) is 72.5 cm³/mol. The third-order valence-electron chi connectivity index (χ3n) is 2.43. The fraction of sp³-hybridized carbons (Fsp3) is 0.154. The van der Waals surface area contributed by atoms with E-state index in [1.54, 1.807) is 6.07 Å². The maximum atomic E-state index is 6.00. The Morgan fingerprint density at radius 1 is 1.06 bits per heavy atom. The highest BCUT2D eigenvalue weighted by atomic mass is 35.5. The Balaban J connectivity index is 2.38. The fourth-order valence-electron chi connectivity index (χ4n) is 1.62. The summed E-state index contributed by atoms with van der Waals surface area (Å²) in [6.45, 7) is 0.794. The molecule has 1 aromatic heterocycles. The van der Waals surface area contributed by atoms with Gasteiger partial charge in [0.15, 0.2) is 0 Å². The lowest BCUT2D eigenvalue weighted by molar-refractivity contribution is 0.813. The van der Waals surface area contributed by atoms with Gasteiger partial charge in [0, 0.05) is 24.5 Å². The number of pyridine rings is 1. The van der Waals surface area contributed by atoms with Gasteiger partial charge in [-0.05, 0) is 36.4 Å². The van der Waals surface area contributed by atoms with E-state index in [4.69, 9.17) is 23.2 Å². The molecule has 1 heterocycles. The first-order valence-electron chi connectivity index (χ1n) is 5.24. The first kappa shape index (κ1) is 12.4. The molecular weight excluding hydrogens is 255 g/mol. The summed E-state index contributed by atoms with van der Waals surface area (Å²) < 4.78 is 0. The smallest absolute Gasteiger partial charge is 0.0598 e. The summed E-state index contributed by atoms with van der Waals surface area (Å²) >= 11 is 11.9. The van der Waals surface area contributed by atoms with Crippen molar-refractivity contribution in [1.82, 2.24) is 10.3 Å². The number of rotatable bonds is 3. The third-order valence-corrected chi connectivity index (χ3v) is 3.17. The summed E-state index contributed by atoms with van der Waals surface area (Å²) in [5.74, 6) is 0. The van der Waals surface area contributed by atoms with E-state index in [0.29, 0.717) is 10.0 Å². The molecule has 2 nitrogen and oxygen atoms in total. The van der Waals surface area contributed by atoms with Crippen LogP contribution in [-0.2, 0) is 6.54 Å². The van der Waals surface area contributed by atoms with Gasteiger partial charge in [0.2, 0.25) is 0 Å². The lowest BCUT2D eigenvalue weighted by Crippen LogP contribution is -2.05. The molecule has 0 bridgehead atoms. The van der Waals surface area contributed by atoms with Crippen molar-refractivity contribution in [2.75, 3.05) is 7.05 Å². The number of nitrogens with one attached hydrogen (secondary N) is 1. The lowest BCUT2D eigenvalue weighted by Gasteiger charge is -2.05. The molecule has 2 aromatic rings. The van der Waals surface area contributed by atoms with Crippen molar-refractivity contribution in [3.63, 3.8) is 0 Å². The van der Waals surface area contributed by atoms with Gasteiger partial charge in [0.25, 0.3) is 0 Å². The predicted octanol–water partition coefficient (Wildman–Crippen LogP) is 3.77. The van der Waals surface area contributed by atoms with Gasteiger partial charge in [-0.1, -0.05) is 29.3 Å². The highest BCUT2D eigenvalue weighted by molar-refractivity contribution is 6.42. The van der Waals surface area contributed by atoms with Crippen molar-refractivity contribution in [1.29, 1.82) is 0 Å². The van der Waals surface area contributed by atoms with Crippen LogP contribution in [-0.4, -0.2) is 12.0 Å². The van der Waals surface area contributed by atoms with E-state index in [2.05, 4.69) is 16.4 Å². The molecule has 0 aliphatic heterocycles. The highest BCUT2D eigenvalue weighted by Gasteiger charge is 2.03. The van der Waals surface area contributed by atoms with Crippen LogP contribution in [0.3, 0.4) is 0 Å². The second-order valence-electron chi connectivity index (χ2n) is 3.74. The van der Waals surface area contributed by atoms with Crippen LogP contribution >= 0.6 is 23.2 Å². The van der Waals surface area contributed by atoms with Gasteiger partial charge in [-0.3, -0.25) is 4.98 Å². The monoisotopic (exact) mass is 266 g/mol. The van der Waals surface area contributed by atoms with Crippen molar-refractivity contribution in [3.8, 4) is 11.1 Å². The molecule has 0 saturated carbocycles. The van der Waals surface area contributed by atoms with Crippen LogP contribution < -0.4 is 5.32 Å². The lowest BCUT2D eigenvalue weighted by atomic mass is 10.1. The van der Waals surface area contributed by atoms with E-state index in [-0.39, 0.29) is 0 Å². The van der Waals surface area contributed by atoms with E-state index < -0.39 is 0 Å². The summed E-state index contributed by atoms with van der Waals surface area (Å²) in [4.78, 5) is 4.22. The second kappa shape index (κ2) is 5.50. The van der Waals surface area contributed by atoms with Gasteiger partial charge in [-0.25, -0.2) is 0 Å². The molecule has 2 rings (SSSR count). The van der Waals surface area contributed by atoms with E-state index >= 15 is 0 Å². The summed E-state index contributed by atoms with van der Waals surface area (Å²) in [6, 6.07) is 7.67. The SMILES string of the molecule is CNCc1cncc(-c2ccc(Cl)c(Cl)c2)c1. The van der Waals surface area contributed by atoms with Crippen LogP contribution in [0.15, 0.2) is 36.7 Å². The Labute approximate surface area is 111 Å². The average Bonchev–Trinajstić information content (AvgIpc) is 2.33. The number of benzene rings is 1. The van der Waals surface area contributed by atoms with Gasteiger partial charge in [0.05, 0.1) is 10.0 Å².